The Balaban J connectivity index is 2.95. The summed E-state index contributed by atoms with van der Waals surface area (Å²) in [5, 5.41) is 0. The van der Waals surface area contributed by atoms with Gasteiger partial charge in [-0.1, -0.05) is 6.07 Å². The molecule has 0 saturated heterocycles. The Bertz CT molecular complexity index is 473. The van der Waals surface area contributed by atoms with E-state index < -0.39 is 0 Å². The van der Waals surface area contributed by atoms with Crippen LogP contribution >= 0.6 is 15.9 Å². The van der Waals surface area contributed by atoms with E-state index in [-0.39, 0.29) is 0 Å². The van der Waals surface area contributed by atoms with E-state index in [1.165, 1.54) is 5.56 Å². The molecule has 0 radical (unpaired) electrons. The Morgan fingerprint density at radius 2 is 1.92 bits per heavy atom. The monoisotopic (exact) mass is 239 g/mol. The van der Waals surface area contributed by atoms with Crippen LogP contribution in [0.25, 0.3) is 11.1 Å². The summed E-state index contributed by atoms with van der Waals surface area (Å²) in [6.07, 6.45) is 0. The van der Waals surface area contributed by atoms with E-state index in [1.54, 1.807) is 0 Å². The van der Waals surface area contributed by atoms with Crippen molar-refractivity contribution in [1.29, 1.82) is 0 Å². The minimum absolute atomic E-state index is 0.712. The van der Waals surface area contributed by atoms with Gasteiger partial charge in [0.25, 0.3) is 0 Å². The van der Waals surface area contributed by atoms with E-state index in [2.05, 4.69) is 27.0 Å². The smallest absolute Gasteiger partial charge is 0.192 e. The fraction of sp³-hybridized carbons (Fsp3) is 0.300. The second-order valence-corrected chi connectivity index (χ2v) is 4.03. The molecule has 0 atom stereocenters. The Morgan fingerprint density at radius 3 is 2.62 bits per heavy atom. The number of oxazole rings is 1. The van der Waals surface area contributed by atoms with E-state index in [0.29, 0.717) is 5.89 Å². The minimum atomic E-state index is 0.712. The zero-order valence-corrected chi connectivity index (χ0v) is 9.40. The molecule has 0 bridgehead atoms. The second-order valence-electron chi connectivity index (χ2n) is 3.23. The first-order valence-corrected chi connectivity index (χ1v) is 4.91. The van der Waals surface area contributed by atoms with Crippen LogP contribution in [0.2, 0.25) is 0 Å². The van der Waals surface area contributed by atoms with Gasteiger partial charge >= 0.3 is 0 Å². The van der Waals surface area contributed by atoms with Crippen LogP contribution < -0.4 is 0 Å². The van der Waals surface area contributed by atoms with E-state index in [4.69, 9.17) is 4.42 Å². The van der Waals surface area contributed by atoms with Crippen molar-refractivity contribution in [3.8, 4) is 0 Å². The summed E-state index contributed by atoms with van der Waals surface area (Å²) < 4.78 is 6.51. The van der Waals surface area contributed by atoms with Gasteiger partial charge < -0.3 is 4.42 Å². The molecular formula is C10H10BrNO. The van der Waals surface area contributed by atoms with Crippen molar-refractivity contribution >= 4 is 27.0 Å². The highest BCUT2D eigenvalue weighted by molar-refractivity contribution is 9.10. The van der Waals surface area contributed by atoms with Gasteiger partial charge in [-0.2, -0.15) is 0 Å². The number of benzene rings is 1. The normalized spacial score (nSPS) is 11.1. The van der Waals surface area contributed by atoms with E-state index in [9.17, 15) is 0 Å². The fourth-order valence-electron chi connectivity index (χ4n) is 1.48. The first-order chi connectivity index (χ1) is 6.09. The van der Waals surface area contributed by atoms with Crippen LogP contribution in [0.3, 0.4) is 0 Å². The summed E-state index contributed by atoms with van der Waals surface area (Å²) in [6, 6.07) is 2.11. The Hall–Kier alpha value is -0.830. The lowest BCUT2D eigenvalue weighted by atomic mass is 10.1. The maximum Gasteiger partial charge on any atom is 0.192 e. The number of nitrogens with zero attached hydrogens (tertiary/aromatic N) is 1. The summed E-state index contributed by atoms with van der Waals surface area (Å²) in [7, 11) is 0. The van der Waals surface area contributed by atoms with Crippen LogP contribution in [0.1, 0.15) is 17.0 Å². The Labute approximate surface area is 85.1 Å². The van der Waals surface area contributed by atoms with Crippen molar-refractivity contribution in [2.75, 3.05) is 0 Å². The van der Waals surface area contributed by atoms with E-state index in [1.807, 2.05) is 20.8 Å². The predicted molar refractivity (Wildman–Crippen MR) is 55.9 cm³/mol. The highest BCUT2D eigenvalue weighted by atomic mass is 79.9. The van der Waals surface area contributed by atoms with Crippen LogP contribution in [0, 0.1) is 20.8 Å². The summed E-state index contributed by atoms with van der Waals surface area (Å²) in [5.74, 6) is 0.712. The minimum Gasteiger partial charge on any atom is -0.440 e. The van der Waals surface area contributed by atoms with Crippen LogP contribution in [0.5, 0.6) is 0 Å². The number of halogens is 1. The van der Waals surface area contributed by atoms with Crippen molar-refractivity contribution in [3.05, 3.63) is 27.6 Å². The van der Waals surface area contributed by atoms with E-state index >= 15 is 0 Å². The first kappa shape index (κ1) is 8.75. The van der Waals surface area contributed by atoms with Crippen LogP contribution in [0.4, 0.5) is 0 Å². The summed E-state index contributed by atoms with van der Waals surface area (Å²) in [6.45, 7) is 5.96. The average molecular weight is 240 g/mol. The van der Waals surface area contributed by atoms with Crippen LogP contribution in [-0.4, -0.2) is 4.98 Å². The van der Waals surface area contributed by atoms with Crippen molar-refractivity contribution in [1.82, 2.24) is 4.98 Å². The third-order valence-electron chi connectivity index (χ3n) is 2.09. The van der Waals surface area contributed by atoms with Gasteiger partial charge in [0.15, 0.2) is 11.5 Å². The number of hydrogen-bond donors (Lipinski definition) is 0. The number of rotatable bonds is 0. The topological polar surface area (TPSA) is 26.0 Å². The molecule has 2 rings (SSSR count). The third kappa shape index (κ3) is 1.27. The van der Waals surface area contributed by atoms with Crippen molar-refractivity contribution in [2.24, 2.45) is 0 Å². The molecule has 0 aliphatic rings. The lowest BCUT2D eigenvalue weighted by Gasteiger charge is -1.99. The summed E-state index contributed by atoms with van der Waals surface area (Å²) in [4.78, 5) is 4.32. The summed E-state index contributed by atoms with van der Waals surface area (Å²) in [5.41, 5.74) is 4.15. The largest absolute Gasteiger partial charge is 0.440 e. The number of aromatic nitrogens is 1. The molecule has 0 fully saturated rings. The average Bonchev–Trinajstić information content (AvgIpc) is 2.44. The second kappa shape index (κ2) is 2.84. The number of fused-ring (bicyclic) bond motifs is 1. The van der Waals surface area contributed by atoms with E-state index in [0.717, 1.165) is 21.1 Å². The molecule has 0 amide bonds. The maximum atomic E-state index is 5.50. The molecule has 2 nitrogen and oxygen atoms in total. The van der Waals surface area contributed by atoms with Gasteiger partial charge in [-0.15, -0.1) is 0 Å². The molecule has 0 aliphatic heterocycles. The highest BCUT2D eigenvalue weighted by Gasteiger charge is 2.10. The highest BCUT2D eigenvalue weighted by Crippen LogP contribution is 2.30. The maximum absolute atomic E-state index is 5.50. The Kier molecular flexibility index (Phi) is 1.91. The van der Waals surface area contributed by atoms with Crippen molar-refractivity contribution < 1.29 is 4.42 Å². The van der Waals surface area contributed by atoms with Gasteiger partial charge in [-0.05, 0) is 40.9 Å². The van der Waals surface area contributed by atoms with Gasteiger partial charge in [0.05, 0.1) is 4.47 Å². The Morgan fingerprint density at radius 1 is 1.23 bits per heavy atom. The quantitative estimate of drug-likeness (QED) is 0.704. The molecule has 1 aromatic carbocycles. The molecule has 1 aromatic heterocycles. The van der Waals surface area contributed by atoms with Gasteiger partial charge in [0.2, 0.25) is 0 Å². The molecule has 1 heterocycles. The lowest BCUT2D eigenvalue weighted by molar-refractivity contribution is 0.559. The van der Waals surface area contributed by atoms with Crippen LogP contribution in [-0.2, 0) is 0 Å². The molecule has 68 valence electrons. The fourth-order valence-corrected chi connectivity index (χ4v) is 1.86. The van der Waals surface area contributed by atoms with Crippen molar-refractivity contribution in [3.63, 3.8) is 0 Å². The van der Waals surface area contributed by atoms with Crippen LogP contribution in [0.15, 0.2) is 15.0 Å². The molecule has 0 N–H and O–H groups in total. The SMILES string of the molecule is Cc1nc2c(C)cc(C)c(Br)c2o1. The van der Waals surface area contributed by atoms with Crippen molar-refractivity contribution in [2.45, 2.75) is 20.8 Å². The molecule has 0 aliphatic carbocycles. The standard InChI is InChI=1S/C10H10BrNO/c1-5-4-6(2)9-10(8(5)11)13-7(3)12-9/h4H,1-3H3. The zero-order valence-electron chi connectivity index (χ0n) is 7.81. The zero-order chi connectivity index (χ0) is 9.59. The van der Waals surface area contributed by atoms with Gasteiger partial charge in [-0.25, -0.2) is 4.98 Å². The van der Waals surface area contributed by atoms with Gasteiger partial charge in [0, 0.05) is 6.92 Å². The molecular weight excluding hydrogens is 230 g/mol. The molecule has 0 spiro atoms. The molecule has 0 saturated carbocycles. The van der Waals surface area contributed by atoms with Gasteiger partial charge in [0.1, 0.15) is 5.52 Å². The first-order valence-electron chi connectivity index (χ1n) is 4.12. The third-order valence-corrected chi connectivity index (χ3v) is 3.07. The lowest BCUT2D eigenvalue weighted by Crippen LogP contribution is -1.82. The number of aryl methyl sites for hydroxylation is 3. The number of hydrogen-bond acceptors (Lipinski definition) is 2. The summed E-state index contributed by atoms with van der Waals surface area (Å²) >= 11 is 3.49. The predicted octanol–water partition coefficient (Wildman–Crippen LogP) is 3.52. The molecule has 2 aromatic rings. The molecule has 13 heavy (non-hydrogen) atoms. The molecule has 0 unspecified atom stereocenters. The van der Waals surface area contributed by atoms with Gasteiger partial charge in [-0.3, -0.25) is 0 Å². The molecule has 3 heteroatoms.